The van der Waals surface area contributed by atoms with Crippen LogP contribution in [0.2, 0.25) is 0 Å². The van der Waals surface area contributed by atoms with E-state index in [1.54, 1.807) is 35.8 Å². The summed E-state index contributed by atoms with van der Waals surface area (Å²) in [6.45, 7) is 3.16. The maximum absolute atomic E-state index is 12.5. The Bertz CT molecular complexity index is 1340. The number of carbonyl (C=O) groups is 3. The van der Waals surface area contributed by atoms with E-state index < -0.39 is 16.8 Å². The van der Waals surface area contributed by atoms with Gasteiger partial charge in [0.25, 0.3) is 11.6 Å². The molecular formula is C22H20N4O6S. The molecule has 0 saturated carbocycles. The van der Waals surface area contributed by atoms with Gasteiger partial charge in [0, 0.05) is 30.8 Å². The molecular weight excluding hydrogens is 448 g/mol. The molecule has 2 aromatic carbocycles. The van der Waals surface area contributed by atoms with Gasteiger partial charge >= 0.3 is 5.97 Å². The van der Waals surface area contributed by atoms with E-state index in [9.17, 15) is 24.5 Å². The van der Waals surface area contributed by atoms with Crippen molar-refractivity contribution in [1.82, 2.24) is 4.57 Å². The molecule has 0 radical (unpaired) electrons. The van der Waals surface area contributed by atoms with Crippen molar-refractivity contribution >= 4 is 56.8 Å². The lowest BCUT2D eigenvalue weighted by Gasteiger charge is -2.06. The summed E-state index contributed by atoms with van der Waals surface area (Å²) < 4.78 is 7.30. The van der Waals surface area contributed by atoms with E-state index in [2.05, 4.69) is 10.3 Å². The molecule has 0 atom stereocenters. The molecule has 0 aliphatic heterocycles. The number of nitrogens with one attached hydrogen (secondary N) is 1. The maximum Gasteiger partial charge on any atom is 0.326 e. The van der Waals surface area contributed by atoms with Gasteiger partial charge in [0.1, 0.15) is 6.54 Å². The molecule has 0 unspecified atom stereocenters. The number of carbonyl (C=O) groups excluding carboxylic acids is 3. The number of nitro benzene ring substituents is 1. The fraction of sp³-hybridized carbons (Fsp3) is 0.182. The summed E-state index contributed by atoms with van der Waals surface area (Å²) in [5.41, 5.74) is 1.61. The smallest absolute Gasteiger partial charge is 0.326 e. The first-order chi connectivity index (χ1) is 15.8. The Morgan fingerprint density at radius 1 is 1.24 bits per heavy atom. The standard InChI is InChI=1S/C22H20N4O6S/c1-3-32-21(29)13-25-18-9-8-16(23-14(2)27)12-19(18)33-22(25)24-20(28)10-7-15-5-4-6-17(11-15)26(30)31/h4-12H,3,13H2,1-2H3,(H,23,27). The molecule has 0 saturated heterocycles. The number of non-ortho nitro benzene ring substituents is 1. The number of hydrogen-bond donors (Lipinski definition) is 1. The monoisotopic (exact) mass is 468 g/mol. The number of thiazole rings is 1. The summed E-state index contributed by atoms with van der Waals surface area (Å²) >= 11 is 1.17. The third-order valence-corrected chi connectivity index (χ3v) is 5.34. The quantitative estimate of drug-likeness (QED) is 0.245. The van der Waals surface area contributed by atoms with Gasteiger partial charge in [0.15, 0.2) is 4.80 Å². The molecule has 3 rings (SSSR count). The third kappa shape index (κ3) is 6.20. The Balaban J connectivity index is 1.98. The molecule has 2 amide bonds. The molecule has 0 aliphatic carbocycles. The maximum atomic E-state index is 12.5. The van der Waals surface area contributed by atoms with Crippen molar-refractivity contribution in [2.45, 2.75) is 20.4 Å². The Morgan fingerprint density at radius 3 is 2.73 bits per heavy atom. The van der Waals surface area contributed by atoms with Gasteiger partial charge in [-0.3, -0.25) is 24.5 Å². The van der Waals surface area contributed by atoms with Crippen molar-refractivity contribution in [3.63, 3.8) is 0 Å². The molecule has 1 aromatic heterocycles. The second kappa shape index (κ2) is 10.5. The van der Waals surface area contributed by atoms with Crippen molar-refractivity contribution in [1.29, 1.82) is 0 Å². The number of hydrogen-bond acceptors (Lipinski definition) is 7. The van der Waals surface area contributed by atoms with Crippen LogP contribution in [0, 0.1) is 10.1 Å². The van der Waals surface area contributed by atoms with Gasteiger partial charge in [-0.25, -0.2) is 0 Å². The summed E-state index contributed by atoms with van der Waals surface area (Å²) in [5, 5.41) is 13.6. The van der Waals surface area contributed by atoms with Crippen molar-refractivity contribution in [2.75, 3.05) is 11.9 Å². The van der Waals surface area contributed by atoms with Crippen molar-refractivity contribution in [2.24, 2.45) is 4.99 Å². The van der Waals surface area contributed by atoms with Crippen LogP contribution in [-0.2, 0) is 25.7 Å². The predicted octanol–water partition coefficient (Wildman–Crippen LogP) is 3.27. The number of fused-ring (bicyclic) bond motifs is 1. The number of esters is 1. The highest BCUT2D eigenvalue weighted by molar-refractivity contribution is 7.16. The Morgan fingerprint density at radius 2 is 2.03 bits per heavy atom. The number of ether oxygens (including phenoxy) is 1. The first-order valence-electron chi connectivity index (χ1n) is 9.84. The van der Waals surface area contributed by atoms with E-state index in [0.717, 1.165) is 0 Å². The van der Waals surface area contributed by atoms with Crippen LogP contribution < -0.4 is 10.1 Å². The number of aromatic nitrogens is 1. The van der Waals surface area contributed by atoms with E-state index in [1.165, 1.54) is 48.6 Å². The first-order valence-corrected chi connectivity index (χ1v) is 10.7. The minimum atomic E-state index is -0.604. The van der Waals surface area contributed by atoms with E-state index >= 15 is 0 Å². The van der Waals surface area contributed by atoms with E-state index in [0.29, 0.717) is 21.5 Å². The fourth-order valence-electron chi connectivity index (χ4n) is 2.97. The summed E-state index contributed by atoms with van der Waals surface area (Å²) in [5.74, 6) is -1.31. The SMILES string of the molecule is CCOC(=O)Cn1c(=NC(=O)C=Cc2cccc([N+](=O)[O-])c2)sc2cc(NC(C)=O)ccc21. The molecule has 0 bridgehead atoms. The average Bonchev–Trinajstić information content (AvgIpc) is 3.08. The van der Waals surface area contributed by atoms with Gasteiger partial charge in [-0.1, -0.05) is 23.5 Å². The molecule has 0 fully saturated rings. The van der Waals surface area contributed by atoms with Gasteiger partial charge in [0.05, 0.1) is 21.7 Å². The van der Waals surface area contributed by atoms with Gasteiger partial charge in [0.2, 0.25) is 5.91 Å². The predicted molar refractivity (Wildman–Crippen MR) is 123 cm³/mol. The van der Waals surface area contributed by atoms with Crippen LogP contribution in [0.15, 0.2) is 53.5 Å². The first kappa shape index (κ1) is 23.5. The minimum Gasteiger partial charge on any atom is -0.465 e. The van der Waals surface area contributed by atoms with Crippen LogP contribution in [0.3, 0.4) is 0 Å². The lowest BCUT2D eigenvalue weighted by atomic mass is 10.2. The Labute approximate surface area is 192 Å². The fourth-order valence-corrected chi connectivity index (χ4v) is 4.04. The number of nitro groups is 1. The van der Waals surface area contributed by atoms with Gasteiger partial charge in [-0.05, 0) is 36.8 Å². The van der Waals surface area contributed by atoms with Crippen molar-refractivity contribution in [3.05, 3.63) is 69.0 Å². The number of benzene rings is 2. The second-order valence-electron chi connectivity index (χ2n) is 6.77. The molecule has 0 aliphatic rings. The number of amides is 2. The van der Waals surface area contributed by atoms with Gasteiger partial charge in [-0.2, -0.15) is 4.99 Å². The Hall–Kier alpha value is -4.12. The highest BCUT2D eigenvalue weighted by atomic mass is 32.1. The van der Waals surface area contributed by atoms with Crippen LogP contribution in [-0.4, -0.2) is 33.9 Å². The van der Waals surface area contributed by atoms with E-state index in [4.69, 9.17) is 4.74 Å². The molecule has 3 aromatic rings. The summed E-state index contributed by atoms with van der Waals surface area (Å²) in [6.07, 6.45) is 2.62. The number of rotatable bonds is 7. The molecule has 0 spiro atoms. The van der Waals surface area contributed by atoms with E-state index in [-0.39, 0.29) is 29.5 Å². The highest BCUT2D eigenvalue weighted by Crippen LogP contribution is 2.22. The average molecular weight is 468 g/mol. The molecule has 170 valence electrons. The molecule has 1 heterocycles. The van der Waals surface area contributed by atoms with Gasteiger partial charge in [-0.15, -0.1) is 0 Å². The summed E-state index contributed by atoms with van der Waals surface area (Å²) in [4.78, 5) is 50.7. The molecule has 11 heteroatoms. The van der Waals surface area contributed by atoms with E-state index in [1.807, 2.05) is 0 Å². The number of nitrogens with zero attached hydrogens (tertiary/aromatic N) is 3. The van der Waals surface area contributed by atoms with Crippen LogP contribution >= 0.6 is 11.3 Å². The zero-order chi connectivity index (χ0) is 24.0. The summed E-state index contributed by atoms with van der Waals surface area (Å²) in [6, 6.07) is 11.0. The van der Waals surface area contributed by atoms with Gasteiger partial charge < -0.3 is 14.6 Å². The van der Waals surface area contributed by atoms with Crippen molar-refractivity contribution < 1.29 is 24.0 Å². The largest absolute Gasteiger partial charge is 0.465 e. The zero-order valence-corrected chi connectivity index (χ0v) is 18.6. The molecule has 33 heavy (non-hydrogen) atoms. The lowest BCUT2D eigenvalue weighted by Crippen LogP contribution is -2.22. The topological polar surface area (TPSA) is 133 Å². The Kier molecular flexibility index (Phi) is 7.46. The third-order valence-electron chi connectivity index (χ3n) is 4.30. The van der Waals surface area contributed by atoms with Crippen LogP contribution in [0.1, 0.15) is 19.4 Å². The molecule has 1 N–H and O–H groups in total. The lowest BCUT2D eigenvalue weighted by molar-refractivity contribution is -0.384. The normalized spacial score (nSPS) is 11.6. The van der Waals surface area contributed by atoms with Crippen molar-refractivity contribution in [3.8, 4) is 0 Å². The van der Waals surface area contributed by atoms with Crippen LogP contribution in [0.5, 0.6) is 0 Å². The summed E-state index contributed by atoms with van der Waals surface area (Å²) in [7, 11) is 0. The van der Waals surface area contributed by atoms with Crippen LogP contribution in [0.25, 0.3) is 16.3 Å². The highest BCUT2D eigenvalue weighted by Gasteiger charge is 2.13. The second-order valence-corrected chi connectivity index (χ2v) is 7.78. The zero-order valence-electron chi connectivity index (χ0n) is 17.8. The van der Waals surface area contributed by atoms with Crippen LogP contribution in [0.4, 0.5) is 11.4 Å². The number of anilines is 1. The molecule has 10 nitrogen and oxygen atoms in total. The minimum absolute atomic E-state index is 0.0895.